The fourth-order valence-corrected chi connectivity index (χ4v) is 4.17. The van der Waals surface area contributed by atoms with Crippen LogP contribution in [0.1, 0.15) is 28.4 Å². The molecule has 0 amide bonds. The number of esters is 1. The minimum absolute atomic E-state index is 0.0643. The fourth-order valence-electron chi connectivity index (χ4n) is 2.53. The van der Waals surface area contributed by atoms with E-state index >= 15 is 0 Å². The Labute approximate surface area is 147 Å². The van der Waals surface area contributed by atoms with E-state index in [1.807, 2.05) is 0 Å². The van der Waals surface area contributed by atoms with E-state index in [2.05, 4.69) is 4.74 Å². The summed E-state index contributed by atoms with van der Waals surface area (Å²) in [7, 11) is -2.52. The van der Waals surface area contributed by atoms with Gasteiger partial charge < -0.3 is 4.74 Å². The van der Waals surface area contributed by atoms with Gasteiger partial charge in [-0.05, 0) is 48.4 Å². The molecule has 0 atom stereocenters. The number of carbonyl (C=O) groups excluding carboxylic acids is 1. The monoisotopic (exact) mass is 365 g/mol. The lowest BCUT2D eigenvalue weighted by Gasteiger charge is -2.22. The average molecular weight is 365 g/mol. The van der Waals surface area contributed by atoms with Crippen LogP contribution in [0.3, 0.4) is 0 Å². The van der Waals surface area contributed by atoms with Crippen LogP contribution in [-0.2, 0) is 21.3 Å². The minimum atomic E-state index is -3.78. The van der Waals surface area contributed by atoms with E-state index in [0.717, 1.165) is 0 Å². The lowest BCUT2D eigenvalue weighted by atomic mass is 10.1. The molecule has 25 heavy (non-hydrogen) atoms. The first-order valence-electron chi connectivity index (χ1n) is 7.73. The van der Waals surface area contributed by atoms with Gasteiger partial charge in [-0.15, -0.1) is 0 Å². The van der Waals surface area contributed by atoms with Crippen molar-refractivity contribution in [2.45, 2.75) is 25.3 Å². The van der Waals surface area contributed by atoms with Crippen LogP contribution >= 0.6 is 0 Å². The second kappa shape index (κ2) is 7.76. The quantitative estimate of drug-likeness (QED) is 0.738. The molecule has 0 aromatic heterocycles. The summed E-state index contributed by atoms with van der Waals surface area (Å²) >= 11 is 0. The molecule has 0 spiro atoms. The van der Waals surface area contributed by atoms with Crippen LogP contribution < -0.4 is 0 Å². The third-order valence-electron chi connectivity index (χ3n) is 3.81. The number of halogens is 1. The molecule has 0 heterocycles. The molecule has 2 aromatic rings. The number of benzene rings is 2. The number of sulfonamides is 1. The molecule has 2 aromatic carbocycles. The highest BCUT2D eigenvalue weighted by Crippen LogP contribution is 2.23. The first-order chi connectivity index (χ1) is 11.8. The zero-order valence-electron chi connectivity index (χ0n) is 14.3. The standard InChI is InChI=1S/C18H20FNO4S/c1-4-20(12-14-6-5-7-16(19)11-14)25(22,23)17-9-8-15(10-13(17)2)18(21)24-3/h5-11H,4,12H2,1-3H3. The van der Waals surface area contributed by atoms with Gasteiger partial charge in [0.2, 0.25) is 10.0 Å². The number of rotatable bonds is 6. The molecule has 2 rings (SSSR count). The van der Waals surface area contributed by atoms with E-state index in [0.29, 0.717) is 11.1 Å². The fraction of sp³-hybridized carbons (Fsp3) is 0.278. The van der Waals surface area contributed by atoms with Crippen molar-refractivity contribution >= 4 is 16.0 Å². The number of nitrogens with zero attached hydrogens (tertiary/aromatic N) is 1. The van der Waals surface area contributed by atoms with Gasteiger partial charge in [-0.3, -0.25) is 0 Å². The lowest BCUT2D eigenvalue weighted by Crippen LogP contribution is -2.31. The maximum atomic E-state index is 13.3. The number of hydrogen-bond acceptors (Lipinski definition) is 4. The van der Waals surface area contributed by atoms with E-state index in [1.54, 1.807) is 26.0 Å². The van der Waals surface area contributed by atoms with Gasteiger partial charge in [0, 0.05) is 13.1 Å². The Balaban J connectivity index is 2.36. The first-order valence-corrected chi connectivity index (χ1v) is 9.17. The highest BCUT2D eigenvalue weighted by Gasteiger charge is 2.25. The summed E-state index contributed by atoms with van der Waals surface area (Å²) in [4.78, 5) is 11.7. The summed E-state index contributed by atoms with van der Waals surface area (Å²) in [5.41, 5.74) is 1.29. The third kappa shape index (κ3) is 4.24. The van der Waals surface area contributed by atoms with Gasteiger partial charge in [0.05, 0.1) is 17.6 Å². The minimum Gasteiger partial charge on any atom is -0.465 e. The van der Waals surface area contributed by atoms with Crippen LogP contribution in [0, 0.1) is 12.7 Å². The van der Waals surface area contributed by atoms with E-state index in [1.165, 1.54) is 41.7 Å². The van der Waals surface area contributed by atoms with Crippen molar-refractivity contribution in [3.05, 3.63) is 65.0 Å². The van der Waals surface area contributed by atoms with Crippen LogP contribution in [0.25, 0.3) is 0 Å². The summed E-state index contributed by atoms with van der Waals surface area (Å²) in [6.45, 7) is 3.64. The molecule has 0 aliphatic carbocycles. The maximum absolute atomic E-state index is 13.3. The normalized spacial score (nSPS) is 11.6. The van der Waals surface area contributed by atoms with Crippen molar-refractivity contribution < 1.29 is 22.3 Å². The molecule has 0 saturated heterocycles. The van der Waals surface area contributed by atoms with Crippen LogP contribution in [0.5, 0.6) is 0 Å². The van der Waals surface area contributed by atoms with E-state index in [9.17, 15) is 17.6 Å². The molecule has 0 aliphatic heterocycles. The Bertz CT molecular complexity index is 880. The average Bonchev–Trinajstić information content (AvgIpc) is 2.58. The van der Waals surface area contributed by atoms with Gasteiger partial charge in [-0.25, -0.2) is 17.6 Å². The van der Waals surface area contributed by atoms with Crippen molar-refractivity contribution in [2.24, 2.45) is 0 Å². The number of carbonyl (C=O) groups is 1. The van der Waals surface area contributed by atoms with Gasteiger partial charge in [0.15, 0.2) is 0 Å². The van der Waals surface area contributed by atoms with E-state index in [-0.39, 0.29) is 23.5 Å². The summed E-state index contributed by atoms with van der Waals surface area (Å²) in [6, 6.07) is 10.1. The molecule has 0 N–H and O–H groups in total. The van der Waals surface area contributed by atoms with Gasteiger partial charge in [0.25, 0.3) is 0 Å². The molecule has 0 fully saturated rings. The summed E-state index contributed by atoms with van der Waals surface area (Å²) < 4.78 is 45.1. The molecule has 0 bridgehead atoms. The molecule has 0 unspecified atom stereocenters. The van der Waals surface area contributed by atoms with Gasteiger partial charge in [0.1, 0.15) is 5.82 Å². The highest BCUT2D eigenvalue weighted by atomic mass is 32.2. The van der Waals surface area contributed by atoms with E-state index < -0.39 is 21.8 Å². The van der Waals surface area contributed by atoms with Crippen LogP contribution in [0.2, 0.25) is 0 Å². The van der Waals surface area contributed by atoms with Crippen molar-refractivity contribution in [3.63, 3.8) is 0 Å². The molecule has 134 valence electrons. The number of aryl methyl sites for hydroxylation is 1. The SMILES string of the molecule is CCN(Cc1cccc(F)c1)S(=O)(=O)c1ccc(C(=O)OC)cc1C. The Morgan fingerprint density at radius 1 is 1.20 bits per heavy atom. The van der Waals surface area contributed by atoms with Crippen LogP contribution in [0.15, 0.2) is 47.4 Å². The third-order valence-corrected chi connectivity index (χ3v) is 5.90. The van der Waals surface area contributed by atoms with Crippen LogP contribution in [-0.4, -0.2) is 32.3 Å². The van der Waals surface area contributed by atoms with Crippen molar-refractivity contribution in [2.75, 3.05) is 13.7 Å². The predicted molar refractivity (Wildman–Crippen MR) is 92.2 cm³/mol. The summed E-state index contributed by atoms with van der Waals surface area (Å²) in [5.74, 6) is -0.941. The molecule has 0 aliphatic rings. The van der Waals surface area contributed by atoms with Gasteiger partial charge >= 0.3 is 5.97 Å². The first kappa shape index (κ1) is 19.1. The second-order valence-corrected chi connectivity index (χ2v) is 7.44. The Kier molecular flexibility index (Phi) is 5.92. The Hall–Kier alpha value is -2.25. The Morgan fingerprint density at radius 3 is 2.48 bits per heavy atom. The Morgan fingerprint density at radius 2 is 1.92 bits per heavy atom. The van der Waals surface area contributed by atoms with Crippen molar-refractivity contribution in [1.82, 2.24) is 4.31 Å². The topological polar surface area (TPSA) is 63.7 Å². The zero-order chi connectivity index (χ0) is 18.6. The smallest absolute Gasteiger partial charge is 0.337 e. The second-order valence-electron chi connectivity index (χ2n) is 5.53. The molecular formula is C18H20FNO4S. The summed E-state index contributed by atoms with van der Waals surface area (Å²) in [6.07, 6.45) is 0. The van der Waals surface area contributed by atoms with E-state index in [4.69, 9.17) is 0 Å². The largest absolute Gasteiger partial charge is 0.465 e. The molecule has 7 heteroatoms. The van der Waals surface area contributed by atoms with Crippen molar-refractivity contribution in [1.29, 1.82) is 0 Å². The molecule has 0 saturated carbocycles. The number of methoxy groups -OCH3 is 1. The molecular weight excluding hydrogens is 345 g/mol. The number of hydrogen-bond donors (Lipinski definition) is 0. The highest BCUT2D eigenvalue weighted by molar-refractivity contribution is 7.89. The van der Waals surface area contributed by atoms with Gasteiger partial charge in [-0.1, -0.05) is 19.1 Å². The summed E-state index contributed by atoms with van der Waals surface area (Å²) in [5, 5.41) is 0. The molecule has 5 nitrogen and oxygen atoms in total. The maximum Gasteiger partial charge on any atom is 0.337 e. The lowest BCUT2D eigenvalue weighted by molar-refractivity contribution is 0.0600. The number of ether oxygens (including phenoxy) is 1. The van der Waals surface area contributed by atoms with Crippen LogP contribution in [0.4, 0.5) is 4.39 Å². The van der Waals surface area contributed by atoms with Gasteiger partial charge in [-0.2, -0.15) is 4.31 Å². The predicted octanol–water partition coefficient (Wildman–Crippen LogP) is 3.13. The van der Waals surface area contributed by atoms with Crippen molar-refractivity contribution in [3.8, 4) is 0 Å². The molecule has 0 radical (unpaired) electrons. The zero-order valence-corrected chi connectivity index (χ0v) is 15.1.